The van der Waals surface area contributed by atoms with Gasteiger partial charge in [-0.1, -0.05) is 12.1 Å². The monoisotopic (exact) mass is 222 g/mol. The van der Waals surface area contributed by atoms with Gasteiger partial charge in [0, 0.05) is 6.42 Å². The normalized spacial score (nSPS) is 12.9. The molecule has 1 heterocycles. The number of rotatable bonds is 3. The molecule has 2 rings (SSSR count). The number of nitrogens with zero attached hydrogens (tertiary/aromatic N) is 1. The first kappa shape index (κ1) is 10.1. The highest BCUT2D eigenvalue weighted by molar-refractivity contribution is 7.18. The number of hydrogen-bond acceptors (Lipinski definition) is 4. The Labute approximate surface area is 90.4 Å². The van der Waals surface area contributed by atoms with Crippen LogP contribution in [0.4, 0.5) is 0 Å². The van der Waals surface area contributed by atoms with Gasteiger partial charge in [0.05, 0.1) is 15.2 Å². The van der Waals surface area contributed by atoms with Crippen LogP contribution >= 0.6 is 11.3 Å². The first-order valence-electron chi connectivity index (χ1n) is 4.49. The van der Waals surface area contributed by atoms with Crippen molar-refractivity contribution in [3.05, 3.63) is 29.3 Å². The zero-order valence-corrected chi connectivity index (χ0v) is 8.70. The van der Waals surface area contributed by atoms with Crippen LogP contribution in [0.1, 0.15) is 5.01 Å². The summed E-state index contributed by atoms with van der Waals surface area (Å²) in [5, 5.41) is 9.44. The van der Waals surface area contributed by atoms with E-state index in [1.165, 1.54) is 11.3 Å². The number of aromatic nitrogens is 1. The standard InChI is InChI=1S/C10H10N2O2S/c11-6(10(13)14)5-9-12-7-3-1-2-4-8(7)15-9/h1-4,6H,5,11H2,(H,13,14)/t6-/m1/s1. The Morgan fingerprint density at radius 3 is 2.93 bits per heavy atom. The average molecular weight is 222 g/mol. The molecular weight excluding hydrogens is 212 g/mol. The minimum atomic E-state index is -0.991. The fraction of sp³-hybridized carbons (Fsp3) is 0.200. The molecule has 0 aliphatic rings. The Balaban J connectivity index is 2.26. The average Bonchev–Trinajstić information content (AvgIpc) is 2.59. The van der Waals surface area contributed by atoms with E-state index < -0.39 is 12.0 Å². The molecule has 2 aromatic rings. The van der Waals surface area contributed by atoms with Gasteiger partial charge < -0.3 is 10.8 Å². The van der Waals surface area contributed by atoms with Crippen molar-refractivity contribution in [1.82, 2.24) is 4.98 Å². The highest BCUT2D eigenvalue weighted by atomic mass is 32.1. The van der Waals surface area contributed by atoms with Crippen LogP contribution in [-0.4, -0.2) is 22.1 Å². The number of carboxylic acid groups (broad SMARTS) is 1. The maximum absolute atomic E-state index is 10.6. The topological polar surface area (TPSA) is 76.2 Å². The second kappa shape index (κ2) is 3.96. The highest BCUT2D eigenvalue weighted by Gasteiger charge is 2.14. The maximum atomic E-state index is 10.6. The number of aliphatic carboxylic acids is 1. The molecule has 0 radical (unpaired) electrons. The van der Waals surface area contributed by atoms with E-state index in [1.807, 2.05) is 24.3 Å². The van der Waals surface area contributed by atoms with Gasteiger partial charge in [-0.2, -0.15) is 0 Å². The van der Waals surface area contributed by atoms with Gasteiger partial charge in [-0.15, -0.1) is 11.3 Å². The molecule has 0 aliphatic carbocycles. The minimum Gasteiger partial charge on any atom is -0.480 e. The molecule has 0 spiro atoms. The zero-order chi connectivity index (χ0) is 10.8. The van der Waals surface area contributed by atoms with Gasteiger partial charge in [0.25, 0.3) is 0 Å². The molecule has 0 saturated heterocycles. The van der Waals surface area contributed by atoms with E-state index in [2.05, 4.69) is 4.98 Å². The van der Waals surface area contributed by atoms with E-state index in [4.69, 9.17) is 10.8 Å². The van der Waals surface area contributed by atoms with Crippen LogP contribution in [0.25, 0.3) is 10.2 Å². The SMILES string of the molecule is N[C@H](Cc1nc2ccccc2s1)C(=O)O. The molecule has 0 aliphatic heterocycles. The van der Waals surface area contributed by atoms with E-state index in [1.54, 1.807) is 0 Å². The Kier molecular flexibility index (Phi) is 2.66. The van der Waals surface area contributed by atoms with E-state index in [-0.39, 0.29) is 6.42 Å². The van der Waals surface area contributed by atoms with E-state index in [9.17, 15) is 4.79 Å². The second-order valence-corrected chi connectivity index (χ2v) is 4.34. The molecule has 78 valence electrons. The van der Waals surface area contributed by atoms with Gasteiger partial charge in [-0.3, -0.25) is 4.79 Å². The van der Waals surface area contributed by atoms with Crippen molar-refractivity contribution >= 4 is 27.5 Å². The second-order valence-electron chi connectivity index (χ2n) is 3.22. The first-order chi connectivity index (χ1) is 7.16. The predicted molar refractivity (Wildman–Crippen MR) is 58.9 cm³/mol. The van der Waals surface area contributed by atoms with Crippen molar-refractivity contribution in [2.24, 2.45) is 5.73 Å². The fourth-order valence-electron chi connectivity index (χ4n) is 1.28. The molecule has 1 atom stereocenters. The van der Waals surface area contributed by atoms with Crippen LogP contribution in [0.5, 0.6) is 0 Å². The third-order valence-corrected chi connectivity index (χ3v) is 3.11. The predicted octanol–water partition coefficient (Wildman–Crippen LogP) is 1.25. The summed E-state index contributed by atoms with van der Waals surface area (Å²) in [7, 11) is 0. The molecule has 0 fully saturated rings. The van der Waals surface area contributed by atoms with E-state index in [0.717, 1.165) is 15.2 Å². The molecule has 0 saturated carbocycles. The summed E-state index contributed by atoms with van der Waals surface area (Å²) in [5.74, 6) is -0.991. The van der Waals surface area contributed by atoms with Gasteiger partial charge in [-0.05, 0) is 12.1 Å². The third-order valence-electron chi connectivity index (χ3n) is 2.05. The number of benzene rings is 1. The highest BCUT2D eigenvalue weighted by Crippen LogP contribution is 2.22. The summed E-state index contributed by atoms with van der Waals surface area (Å²) in [6, 6.07) is 6.83. The van der Waals surface area contributed by atoms with Crippen molar-refractivity contribution < 1.29 is 9.90 Å². The van der Waals surface area contributed by atoms with Gasteiger partial charge in [0.2, 0.25) is 0 Å². The molecular formula is C10H10N2O2S. The smallest absolute Gasteiger partial charge is 0.320 e. The number of nitrogens with two attached hydrogens (primary N) is 1. The summed E-state index contributed by atoms with van der Waals surface area (Å²) in [6.07, 6.45) is 0.286. The summed E-state index contributed by atoms with van der Waals surface area (Å²) in [4.78, 5) is 14.9. The Hall–Kier alpha value is -1.46. The number of carboxylic acids is 1. The number of para-hydroxylation sites is 1. The fourth-order valence-corrected chi connectivity index (χ4v) is 2.31. The lowest BCUT2D eigenvalue weighted by molar-refractivity contribution is -0.138. The molecule has 0 amide bonds. The third kappa shape index (κ3) is 2.14. The van der Waals surface area contributed by atoms with Crippen molar-refractivity contribution in [2.75, 3.05) is 0 Å². The number of hydrogen-bond donors (Lipinski definition) is 2. The van der Waals surface area contributed by atoms with Crippen LogP contribution in [0.3, 0.4) is 0 Å². The van der Waals surface area contributed by atoms with E-state index in [0.29, 0.717) is 0 Å². The molecule has 1 aromatic carbocycles. The molecule has 15 heavy (non-hydrogen) atoms. The molecule has 0 bridgehead atoms. The van der Waals surface area contributed by atoms with Crippen LogP contribution in [0.15, 0.2) is 24.3 Å². The lowest BCUT2D eigenvalue weighted by Gasteiger charge is -2.01. The number of thiazole rings is 1. The quantitative estimate of drug-likeness (QED) is 0.819. The van der Waals surface area contributed by atoms with E-state index >= 15 is 0 Å². The first-order valence-corrected chi connectivity index (χ1v) is 5.31. The molecule has 3 N–H and O–H groups in total. The number of fused-ring (bicyclic) bond motifs is 1. The maximum Gasteiger partial charge on any atom is 0.320 e. The summed E-state index contributed by atoms with van der Waals surface area (Å²) in [6.45, 7) is 0. The zero-order valence-electron chi connectivity index (χ0n) is 7.88. The van der Waals surface area contributed by atoms with Crippen molar-refractivity contribution in [3.63, 3.8) is 0 Å². The number of carbonyl (C=O) groups is 1. The van der Waals surface area contributed by atoms with Crippen LogP contribution in [0.2, 0.25) is 0 Å². The van der Waals surface area contributed by atoms with Gasteiger partial charge in [0.1, 0.15) is 6.04 Å². The lowest BCUT2D eigenvalue weighted by Crippen LogP contribution is -2.32. The molecule has 0 unspecified atom stereocenters. The Morgan fingerprint density at radius 2 is 2.27 bits per heavy atom. The van der Waals surface area contributed by atoms with Crippen LogP contribution in [0, 0.1) is 0 Å². The summed E-state index contributed by atoms with van der Waals surface area (Å²) in [5.41, 5.74) is 6.34. The van der Waals surface area contributed by atoms with Gasteiger partial charge in [0.15, 0.2) is 0 Å². The molecule has 1 aromatic heterocycles. The Bertz CT molecular complexity index is 462. The van der Waals surface area contributed by atoms with Gasteiger partial charge in [-0.25, -0.2) is 4.98 Å². The summed E-state index contributed by atoms with van der Waals surface area (Å²) >= 11 is 1.49. The minimum absolute atomic E-state index is 0.286. The Morgan fingerprint density at radius 1 is 1.53 bits per heavy atom. The molecule has 5 heteroatoms. The van der Waals surface area contributed by atoms with Crippen LogP contribution in [-0.2, 0) is 11.2 Å². The van der Waals surface area contributed by atoms with Crippen molar-refractivity contribution in [2.45, 2.75) is 12.5 Å². The largest absolute Gasteiger partial charge is 0.480 e. The lowest BCUT2D eigenvalue weighted by atomic mass is 10.2. The molecule has 4 nitrogen and oxygen atoms in total. The summed E-state index contributed by atoms with van der Waals surface area (Å²) < 4.78 is 1.06. The van der Waals surface area contributed by atoms with Crippen LogP contribution < -0.4 is 5.73 Å². The van der Waals surface area contributed by atoms with Crippen molar-refractivity contribution in [1.29, 1.82) is 0 Å². The van der Waals surface area contributed by atoms with Crippen molar-refractivity contribution in [3.8, 4) is 0 Å². The van der Waals surface area contributed by atoms with Gasteiger partial charge >= 0.3 is 5.97 Å².